The fourth-order valence-corrected chi connectivity index (χ4v) is 1.53. The third kappa shape index (κ3) is 2.91. The molecule has 10 heteroatoms. The molecular formula is C8H15N3O7. The van der Waals surface area contributed by atoms with Crippen molar-refractivity contribution in [3.8, 4) is 0 Å². The van der Waals surface area contributed by atoms with E-state index in [2.05, 4.69) is 10.6 Å². The molecule has 0 aromatic rings. The number of carbonyl (C=O) groups excluding carboxylic acids is 1. The molecule has 1 saturated heterocycles. The van der Waals surface area contributed by atoms with Gasteiger partial charge in [0.2, 0.25) is 0 Å². The predicted octanol–water partition coefficient (Wildman–Crippen LogP) is -2.89. The summed E-state index contributed by atoms with van der Waals surface area (Å²) in [6.45, 7) is -0.605. The molecule has 5 N–H and O–H groups in total. The molecule has 0 aromatic heterocycles. The van der Waals surface area contributed by atoms with Gasteiger partial charge in [-0.3, -0.25) is 0 Å². The molecule has 0 aromatic carbocycles. The van der Waals surface area contributed by atoms with E-state index < -0.39 is 43.3 Å². The first-order valence-electron chi connectivity index (χ1n) is 5.10. The highest BCUT2D eigenvalue weighted by Gasteiger charge is 2.44. The third-order valence-corrected chi connectivity index (χ3v) is 2.61. The number of carbonyl (C=O) groups is 1. The number of hydrogen-bond acceptors (Lipinski definition) is 8. The van der Waals surface area contributed by atoms with Gasteiger partial charge in [0.15, 0.2) is 6.29 Å². The minimum absolute atomic E-state index is 0.407. The maximum atomic E-state index is 11.3. The summed E-state index contributed by atoms with van der Waals surface area (Å²) in [7, 11) is 1.07. The molecule has 1 fully saturated rings. The molecule has 0 bridgehead atoms. The van der Waals surface area contributed by atoms with Crippen molar-refractivity contribution in [2.75, 3.05) is 13.7 Å². The molecule has 1 aliphatic heterocycles. The Labute approximate surface area is 102 Å². The van der Waals surface area contributed by atoms with Gasteiger partial charge in [0, 0.05) is 7.05 Å². The van der Waals surface area contributed by atoms with Gasteiger partial charge in [-0.1, -0.05) is 0 Å². The quantitative estimate of drug-likeness (QED) is 0.271. The van der Waals surface area contributed by atoms with E-state index in [1.165, 1.54) is 0 Å². The smallest absolute Gasteiger partial charge is 0.340 e. The summed E-state index contributed by atoms with van der Waals surface area (Å²) in [6.07, 6.45) is -5.84. The number of rotatable bonds is 3. The van der Waals surface area contributed by atoms with Crippen molar-refractivity contribution in [2.24, 2.45) is 5.29 Å². The van der Waals surface area contributed by atoms with Crippen LogP contribution in [-0.2, 0) is 4.74 Å². The summed E-state index contributed by atoms with van der Waals surface area (Å²) < 4.78 is 4.80. The van der Waals surface area contributed by atoms with Crippen molar-refractivity contribution >= 4 is 6.03 Å². The minimum Gasteiger partial charge on any atom is -0.394 e. The van der Waals surface area contributed by atoms with E-state index in [4.69, 9.17) is 9.84 Å². The lowest BCUT2D eigenvalue weighted by molar-refractivity contribution is -0.252. The number of ether oxygens (including phenoxy) is 1. The Morgan fingerprint density at radius 1 is 1.39 bits per heavy atom. The normalized spacial score (nSPS) is 35.9. The zero-order valence-corrected chi connectivity index (χ0v) is 9.50. The van der Waals surface area contributed by atoms with Crippen LogP contribution in [0.3, 0.4) is 0 Å². The first-order chi connectivity index (χ1) is 8.42. The average Bonchev–Trinajstić information content (AvgIpc) is 2.37. The summed E-state index contributed by atoms with van der Waals surface area (Å²) in [5.74, 6) is 0. The van der Waals surface area contributed by atoms with Gasteiger partial charge in [-0.2, -0.15) is 5.01 Å². The van der Waals surface area contributed by atoms with Crippen LogP contribution in [0.5, 0.6) is 0 Å². The third-order valence-electron chi connectivity index (χ3n) is 2.61. The lowest BCUT2D eigenvalue weighted by atomic mass is 9.97. The number of aliphatic hydroxyl groups excluding tert-OH is 4. The molecule has 1 rings (SSSR count). The van der Waals surface area contributed by atoms with Gasteiger partial charge in [0.05, 0.1) is 11.9 Å². The van der Waals surface area contributed by atoms with Crippen molar-refractivity contribution in [2.45, 2.75) is 30.6 Å². The molecule has 0 spiro atoms. The fourth-order valence-electron chi connectivity index (χ4n) is 1.53. The largest absolute Gasteiger partial charge is 0.394 e. The molecule has 0 aliphatic carbocycles. The number of nitrogens with zero attached hydrogens (tertiary/aromatic N) is 2. The number of hydrogen-bond donors (Lipinski definition) is 5. The molecular weight excluding hydrogens is 250 g/mol. The lowest BCUT2D eigenvalue weighted by Crippen LogP contribution is -2.64. The second kappa shape index (κ2) is 6.02. The molecule has 0 saturated carbocycles. The molecule has 18 heavy (non-hydrogen) atoms. The van der Waals surface area contributed by atoms with Gasteiger partial charge < -0.3 is 30.5 Å². The Hall–Kier alpha value is -1.33. The van der Waals surface area contributed by atoms with E-state index in [1.807, 2.05) is 0 Å². The van der Waals surface area contributed by atoms with Crippen LogP contribution in [0, 0.1) is 4.91 Å². The van der Waals surface area contributed by atoms with Crippen LogP contribution in [0.1, 0.15) is 0 Å². The first kappa shape index (κ1) is 14.7. The Kier molecular flexibility index (Phi) is 4.93. The highest BCUT2D eigenvalue weighted by atomic mass is 16.6. The first-order valence-corrected chi connectivity index (χ1v) is 5.10. The highest BCUT2D eigenvalue weighted by Crippen LogP contribution is 2.19. The maximum absolute atomic E-state index is 11.3. The molecule has 104 valence electrons. The van der Waals surface area contributed by atoms with Gasteiger partial charge in [0.1, 0.15) is 24.4 Å². The summed E-state index contributed by atoms with van der Waals surface area (Å²) in [5, 5.41) is 42.4. The van der Waals surface area contributed by atoms with Crippen molar-refractivity contribution in [1.82, 2.24) is 10.3 Å². The Bertz CT molecular complexity index is 315. The van der Waals surface area contributed by atoms with Gasteiger partial charge >= 0.3 is 6.03 Å². The summed E-state index contributed by atoms with van der Waals surface area (Å²) in [4.78, 5) is 21.4. The topological polar surface area (TPSA) is 152 Å². The van der Waals surface area contributed by atoms with Crippen LogP contribution >= 0.6 is 0 Å². The van der Waals surface area contributed by atoms with E-state index >= 15 is 0 Å². The molecule has 1 heterocycles. The van der Waals surface area contributed by atoms with Crippen LogP contribution in [0.2, 0.25) is 0 Å². The summed E-state index contributed by atoms with van der Waals surface area (Å²) in [6, 6.07) is -2.33. The molecule has 5 atom stereocenters. The Morgan fingerprint density at radius 2 is 2.00 bits per heavy atom. The molecule has 10 nitrogen and oxygen atoms in total. The Balaban J connectivity index is 2.71. The van der Waals surface area contributed by atoms with Gasteiger partial charge in [0.25, 0.3) is 0 Å². The fraction of sp³-hybridized carbons (Fsp3) is 0.875. The van der Waals surface area contributed by atoms with E-state index in [1.54, 1.807) is 0 Å². The monoisotopic (exact) mass is 265 g/mol. The SMILES string of the molecule is CN(N=O)C(=O)N[C@@H]1[C@H](O)[C@H](O)[C@H](CO)O[C@@H]1O. The number of aliphatic hydroxyl groups is 4. The minimum atomic E-state index is -1.63. The second-order valence-corrected chi connectivity index (χ2v) is 3.81. The molecule has 1 aliphatic rings. The highest BCUT2D eigenvalue weighted by molar-refractivity contribution is 5.73. The standard InChI is InChI=1S/C8H15N3O7/c1-11(10-17)8(16)9-4-6(14)5(13)3(2-12)18-7(4)15/h3-7,12-15H,2H2,1H3,(H,9,16)/t3-,4+,5+,6-,7-/m0/s1. The van der Waals surface area contributed by atoms with Crippen LogP contribution in [0.25, 0.3) is 0 Å². The van der Waals surface area contributed by atoms with Gasteiger partial charge in [-0.25, -0.2) is 4.79 Å². The number of amides is 2. The maximum Gasteiger partial charge on any atom is 0.340 e. The van der Waals surface area contributed by atoms with Gasteiger partial charge in [-0.05, 0) is 0 Å². The summed E-state index contributed by atoms with van der Waals surface area (Å²) >= 11 is 0. The van der Waals surface area contributed by atoms with E-state index in [0.29, 0.717) is 5.01 Å². The molecule has 0 radical (unpaired) electrons. The van der Waals surface area contributed by atoms with E-state index in [-0.39, 0.29) is 0 Å². The van der Waals surface area contributed by atoms with Crippen molar-refractivity contribution in [1.29, 1.82) is 0 Å². The van der Waals surface area contributed by atoms with Gasteiger partial charge in [-0.15, -0.1) is 4.91 Å². The summed E-state index contributed by atoms with van der Waals surface area (Å²) in [5.41, 5.74) is 0. The Morgan fingerprint density at radius 3 is 2.50 bits per heavy atom. The second-order valence-electron chi connectivity index (χ2n) is 3.81. The van der Waals surface area contributed by atoms with Crippen LogP contribution < -0.4 is 5.32 Å². The predicted molar refractivity (Wildman–Crippen MR) is 55.9 cm³/mol. The zero-order chi connectivity index (χ0) is 13.9. The molecule has 0 unspecified atom stereocenters. The number of nitroso groups, excluding NO2 is 1. The lowest BCUT2D eigenvalue weighted by Gasteiger charge is -2.40. The number of nitrogens with one attached hydrogen (secondary N) is 1. The zero-order valence-electron chi connectivity index (χ0n) is 9.50. The van der Waals surface area contributed by atoms with Crippen molar-refractivity contribution < 1.29 is 30.0 Å². The van der Waals surface area contributed by atoms with E-state index in [9.17, 15) is 25.0 Å². The van der Waals surface area contributed by atoms with E-state index in [0.717, 1.165) is 7.05 Å². The van der Waals surface area contributed by atoms with Crippen LogP contribution in [0.15, 0.2) is 5.29 Å². The average molecular weight is 265 g/mol. The van der Waals surface area contributed by atoms with Crippen molar-refractivity contribution in [3.05, 3.63) is 4.91 Å². The number of urea groups is 1. The van der Waals surface area contributed by atoms with Crippen LogP contribution in [-0.4, -0.2) is 75.8 Å². The molecule has 2 amide bonds. The van der Waals surface area contributed by atoms with Crippen LogP contribution in [0.4, 0.5) is 4.79 Å². The van der Waals surface area contributed by atoms with Crippen molar-refractivity contribution in [3.63, 3.8) is 0 Å².